The molecule has 1 saturated heterocycles. The fourth-order valence-electron chi connectivity index (χ4n) is 3.18. The van der Waals surface area contributed by atoms with Gasteiger partial charge in [0.25, 0.3) is 0 Å². The number of para-hydroxylation sites is 1. The highest BCUT2D eigenvalue weighted by atomic mass is 19.1. The van der Waals surface area contributed by atoms with Crippen LogP contribution in [0.5, 0.6) is 0 Å². The summed E-state index contributed by atoms with van der Waals surface area (Å²) in [5.74, 6) is -0.253. The van der Waals surface area contributed by atoms with Gasteiger partial charge < -0.3 is 10.2 Å². The summed E-state index contributed by atoms with van der Waals surface area (Å²) < 4.78 is 27.7. The molecular weight excluding hydrogens is 310 g/mol. The number of hydrogen-bond donors (Lipinski definition) is 1. The third-order valence-corrected chi connectivity index (χ3v) is 4.41. The van der Waals surface area contributed by atoms with E-state index >= 15 is 0 Å². The van der Waals surface area contributed by atoms with Crippen molar-refractivity contribution >= 4 is 17.5 Å². The number of aromatic nitrogens is 2. The van der Waals surface area contributed by atoms with Crippen molar-refractivity contribution < 1.29 is 8.78 Å². The van der Waals surface area contributed by atoms with Crippen LogP contribution in [0.4, 0.5) is 26.2 Å². The Hall–Kier alpha value is -2.24. The van der Waals surface area contributed by atoms with Gasteiger partial charge in [0.15, 0.2) is 0 Å². The summed E-state index contributed by atoms with van der Waals surface area (Å²) in [6, 6.07) is 5.89. The largest absolute Gasteiger partial charge is 0.338 e. The molecule has 6 heteroatoms. The topological polar surface area (TPSA) is 41.1 Å². The molecule has 4 nitrogen and oxygen atoms in total. The minimum atomic E-state index is -0.641. The van der Waals surface area contributed by atoms with E-state index in [1.54, 1.807) is 6.07 Å². The van der Waals surface area contributed by atoms with E-state index in [-0.39, 0.29) is 5.69 Å². The van der Waals surface area contributed by atoms with Gasteiger partial charge in [-0.1, -0.05) is 13.0 Å². The summed E-state index contributed by atoms with van der Waals surface area (Å²) >= 11 is 0. The highest BCUT2D eigenvalue weighted by Gasteiger charge is 2.23. The molecule has 0 radical (unpaired) electrons. The van der Waals surface area contributed by atoms with Gasteiger partial charge in [0.1, 0.15) is 23.1 Å². The molecule has 0 bridgehead atoms. The third-order valence-electron chi connectivity index (χ3n) is 4.41. The lowest BCUT2D eigenvalue weighted by molar-refractivity contribution is 0.443. The van der Waals surface area contributed by atoms with Gasteiger partial charge in [-0.15, -0.1) is 0 Å². The van der Waals surface area contributed by atoms with Crippen molar-refractivity contribution in [3.05, 3.63) is 41.6 Å². The molecule has 2 aromatic rings. The van der Waals surface area contributed by atoms with Crippen LogP contribution in [-0.4, -0.2) is 22.6 Å². The van der Waals surface area contributed by atoms with Crippen LogP contribution in [0.25, 0.3) is 0 Å². The number of nitrogens with one attached hydrogen (secondary N) is 1. The Kier molecular flexibility index (Phi) is 4.92. The number of nitrogens with zero attached hydrogens (tertiary/aromatic N) is 3. The van der Waals surface area contributed by atoms with Crippen LogP contribution in [0.3, 0.4) is 0 Å². The van der Waals surface area contributed by atoms with Crippen molar-refractivity contribution in [3.63, 3.8) is 0 Å². The molecule has 1 aliphatic heterocycles. The quantitative estimate of drug-likeness (QED) is 0.890. The summed E-state index contributed by atoms with van der Waals surface area (Å²) in [6.45, 7) is 4.93. The molecule has 0 saturated carbocycles. The van der Waals surface area contributed by atoms with E-state index in [2.05, 4.69) is 27.1 Å². The average molecular weight is 332 g/mol. The second-order valence-electron chi connectivity index (χ2n) is 6.17. The molecule has 0 spiro atoms. The number of halogens is 2. The van der Waals surface area contributed by atoms with Crippen LogP contribution in [0.1, 0.15) is 38.3 Å². The molecule has 2 heterocycles. The minimum Gasteiger partial charge on any atom is -0.338 e. The molecule has 1 aromatic heterocycles. The predicted molar refractivity (Wildman–Crippen MR) is 91.7 cm³/mol. The first-order chi connectivity index (χ1) is 11.6. The molecule has 3 rings (SSSR count). The van der Waals surface area contributed by atoms with E-state index in [0.29, 0.717) is 17.8 Å². The SMILES string of the molecule is CCC1CCCCN1c1nc(C)cc(Nc2c(F)cccc2F)n1. The molecule has 1 aliphatic rings. The Bertz CT molecular complexity index is 700. The number of benzene rings is 1. The van der Waals surface area contributed by atoms with E-state index in [0.717, 1.165) is 31.5 Å². The van der Waals surface area contributed by atoms with E-state index < -0.39 is 11.6 Å². The van der Waals surface area contributed by atoms with Crippen molar-refractivity contribution in [1.29, 1.82) is 0 Å². The second kappa shape index (κ2) is 7.11. The third kappa shape index (κ3) is 3.47. The van der Waals surface area contributed by atoms with Crippen LogP contribution in [0.2, 0.25) is 0 Å². The lowest BCUT2D eigenvalue weighted by Crippen LogP contribution is -2.40. The van der Waals surface area contributed by atoms with Crippen LogP contribution < -0.4 is 10.2 Å². The van der Waals surface area contributed by atoms with Crippen LogP contribution in [0, 0.1) is 18.6 Å². The Morgan fingerprint density at radius 2 is 1.96 bits per heavy atom. The number of aryl methyl sites for hydroxylation is 1. The molecule has 1 aromatic carbocycles. The van der Waals surface area contributed by atoms with Gasteiger partial charge in [-0.2, -0.15) is 4.98 Å². The molecule has 1 N–H and O–H groups in total. The fourth-order valence-corrected chi connectivity index (χ4v) is 3.18. The zero-order valence-electron chi connectivity index (χ0n) is 14.0. The highest BCUT2D eigenvalue weighted by Crippen LogP contribution is 2.27. The zero-order chi connectivity index (χ0) is 17.1. The van der Waals surface area contributed by atoms with Gasteiger partial charge in [-0.05, 0) is 44.7 Å². The smallest absolute Gasteiger partial charge is 0.227 e. The molecule has 1 fully saturated rings. The first kappa shape index (κ1) is 16.6. The summed E-state index contributed by atoms with van der Waals surface area (Å²) in [7, 11) is 0. The summed E-state index contributed by atoms with van der Waals surface area (Å²) in [6.07, 6.45) is 4.48. The lowest BCUT2D eigenvalue weighted by Gasteiger charge is -2.35. The minimum absolute atomic E-state index is 0.188. The van der Waals surface area contributed by atoms with Crippen molar-refractivity contribution in [1.82, 2.24) is 9.97 Å². The standard InChI is InChI=1S/C18H22F2N4/c1-3-13-7-4-5-10-24(13)18-21-12(2)11-16(23-18)22-17-14(19)8-6-9-15(17)20/h6,8-9,11,13H,3-5,7,10H2,1-2H3,(H,21,22,23). The number of rotatable bonds is 4. The molecule has 0 aliphatic carbocycles. The Balaban J connectivity index is 1.91. The monoisotopic (exact) mass is 332 g/mol. The Morgan fingerprint density at radius 3 is 2.67 bits per heavy atom. The van der Waals surface area contributed by atoms with Crippen molar-refractivity contribution in [3.8, 4) is 0 Å². The second-order valence-corrected chi connectivity index (χ2v) is 6.17. The number of piperidine rings is 1. The van der Waals surface area contributed by atoms with Gasteiger partial charge in [-0.3, -0.25) is 0 Å². The molecule has 1 unspecified atom stereocenters. The first-order valence-electron chi connectivity index (χ1n) is 8.42. The Morgan fingerprint density at radius 1 is 1.21 bits per heavy atom. The van der Waals surface area contributed by atoms with Gasteiger partial charge in [0.05, 0.1) is 0 Å². The van der Waals surface area contributed by atoms with E-state index in [1.165, 1.54) is 24.6 Å². The first-order valence-corrected chi connectivity index (χ1v) is 8.42. The van der Waals surface area contributed by atoms with E-state index in [4.69, 9.17) is 0 Å². The normalized spacial score (nSPS) is 17.8. The Labute approximate surface area is 140 Å². The van der Waals surface area contributed by atoms with Gasteiger partial charge in [-0.25, -0.2) is 13.8 Å². The zero-order valence-corrected chi connectivity index (χ0v) is 14.0. The lowest BCUT2D eigenvalue weighted by atomic mass is 10.0. The van der Waals surface area contributed by atoms with Crippen LogP contribution >= 0.6 is 0 Å². The maximum atomic E-state index is 13.9. The molecular formula is C18H22F2N4. The summed E-state index contributed by atoms with van der Waals surface area (Å²) in [4.78, 5) is 11.2. The van der Waals surface area contributed by atoms with Crippen molar-refractivity contribution in [2.45, 2.75) is 45.6 Å². The molecule has 1 atom stereocenters. The molecule has 0 amide bonds. The van der Waals surface area contributed by atoms with Gasteiger partial charge in [0.2, 0.25) is 5.95 Å². The van der Waals surface area contributed by atoms with Gasteiger partial charge >= 0.3 is 0 Å². The van der Waals surface area contributed by atoms with Crippen LogP contribution in [0.15, 0.2) is 24.3 Å². The van der Waals surface area contributed by atoms with Crippen molar-refractivity contribution in [2.24, 2.45) is 0 Å². The maximum absolute atomic E-state index is 13.9. The molecule has 24 heavy (non-hydrogen) atoms. The predicted octanol–water partition coefficient (Wildman–Crippen LogP) is 4.58. The fraction of sp³-hybridized carbons (Fsp3) is 0.444. The molecule has 128 valence electrons. The average Bonchev–Trinajstić information content (AvgIpc) is 2.58. The number of anilines is 3. The van der Waals surface area contributed by atoms with E-state index in [1.807, 2.05) is 6.92 Å². The van der Waals surface area contributed by atoms with Crippen molar-refractivity contribution in [2.75, 3.05) is 16.8 Å². The summed E-state index contributed by atoms with van der Waals surface area (Å²) in [5.41, 5.74) is 0.576. The van der Waals surface area contributed by atoms with Crippen LogP contribution in [-0.2, 0) is 0 Å². The summed E-state index contributed by atoms with van der Waals surface area (Å²) in [5, 5.41) is 2.77. The van der Waals surface area contributed by atoms with E-state index in [9.17, 15) is 8.78 Å². The highest BCUT2D eigenvalue weighted by molar-refractivity contribution is 5.59. The van der Waals surface area contributed by atoms with Gasteiger partial charge in [0, 0.05) is 24.3 Å². The number of hydrogen-bond acceptors (Lipinski definition) is 4. The maximum Gasteiger partial charge on any atom is 0.227 e.